The number of esters is 1. The first-order valence-electron chi connectivity index (χ1n) is 25.9. The third-order valence-electron chi connectivity index (χ3n) is 12.4. The highest BCUT2D eigenvalue weighted by atomic mass is 16.7. The van der Waals surface area contributed by atoms with E-state index in [0.717, 1.165) is 129 Å². The van der Waals surface area contributed by atoms with Crippen LogP contribution >= 0.6 is 0 Å². The van der Waals surface area contributed by atoms with Gasteiger partial charge in [-0.25, -0.2) is 4.79 Å². The molecule has 2 atom stereocenters. The minimum atomic E-state index is -1.03. The highest BCUT2D eigenvalue weighted by Crippen LogP contribution is 2.21. The van der Waals surface area contributed by atoms with Crippen LogP contribution in [0.5, 0.6) is 0 Å². The van der Waals surface area contributed by atoms with Gasteiger partial charge in [0, 0.05) is 20.0 Å². The number of aliphatic hydroxyl groups is 1. The molecule has 358 valence electrons. The summed E-state index contributed by atoms with van der Waals surface area (Å²) in [5.41, 5.74) is 1.08. The number of Topliss-reactive ketones (excluding diaryl/α,β-unsaturated/α-hetero) is 1. The largest absolute Gasteiger partial charge is 0.508 e. The molecule has 1 aliphatic carbocycles. The van der Waals surface area contributed by atoms with Crippen LogP contribution in [0.25, 0.3) is 0 Å². The summed E-state index contributed by atoms with van der Waals surface area (Å²) < 4.78 is 17.1. The van der Waals surface area contributed by atoms with E-state index in [1.165, 1.54) is 96.3 Å². The molecule has 0 spiro atoms. The third kappa shape index (κ3) is 30.4. The molecule has 1 aliphatic rings. The van der Waals surface area contributed by atoms with Crippen molar-refractivity contribution in [3.05, 3.63) is 11.4 Å². The van der Waals surface area contributed by atoms with Gasteiger partial charge in [-0.15, -0.1) is 0 Å². The molecule has 0 fully saturated rings. The van der Waals surface area contributed by atoms with Crippen molar-refractivity contribution in [2.75, 3.05) is 39.8 Å². The second-order valence-corrected chi connectivity index (χ2v) is 17.9. The third-order valence-corrected chi connectivity index (χ3v) is 12.4. The van der Waals surface area contributed by atoms with Crippen molar-refractivity contribution in [2.45, 2.75) is 258 Å². The van der Waals surface area contributed by atoms with Crippen molar-refractivity contribution in [3.8, 4) is 0 Å². The number of aliphatic hydroxyl groups excluding tert-OH is 1. The number of carbonyl (C=O) groups is 3. The second kappa shape index (κ2) is 40.4. The molecule has 3 N–H and O–H groups in total. The number of hydrogen-bond donors (Lipinski definition) is 3. The van der Waals surface area contributed by atoms with E-state index >= 15 is 0 Å². The molecule has 0 aromatic rings. The van der Waals surface area contributed by atoms with E-state index in [-0.39, 0.29) is 24.0 Å². The molecule has 0 aliphatic heterocycles. The SMILES string of the molecule is CCCCCCCCCOC(=O)OC(CC)CCCCCN(CCCCCCCC(=O)OC(CCCCCCCC)CCCCCCCC)CCCNC1=C(NC)C(O)C1=O. The lowest BCUT2D eigenvalue weighted by atomic mass is 9.95. The maximum Gasteiger partial charge on any atom is 0.508 e. The Morgan fingerprint density at radius 1 is 0.590 bits per heavy atom. The lowest BCUT2D eigenvalue weighted by molar-refractivity contribution is -0.150. The number of ether oxygens (including phenoxy) is 3. The topological polar surface area (TPSA) is 126 Å². The lowest BCUT2D eigenvalue weighted by Crippen LogP contribution is -2.47. The molecule has 0 saturated heterocycles. The summed E-state index contributed by atoms with van der Waals surface area (Å²) in [6.07, 6.45) is 35.5. The zero-order chi connectivity index (χ0) is 44.6. The first-order chi connectivity index (χ1) is 29.8. The van der Waals surface area contributed by atoms with Crippen LogP contribution in [0.15, 0.2) is 11.4 Å². The van der Waals surface area contributed by atoms with Crippen molar-refractivity contribution in [1.29, 1.82) is 0 Å². The summed E-state index contributed by atoms with van der Waals surface area (Å²) in [5, 5.41) is 16.0. The average Bonchev–Trinajstić information content (AvgIpc) is 3.26. The van der Waals surface area contributed by atoms with Crippen LogP contribution in [0.3, 0.4) is 0 Å². The van der Waals surface area contributed by atoms with Crippen molar-refractivity contribution >= 4 is 17.9 Å². The summed E-state index contributed by atoms with van der Waals surface area (Å²) in [6, 6.07) is 0. The Labute approximate surface area is 375 Å². The normalized spacial score (nSPS) is 14.4. The first kappa shape index (κ1) is 56.7. The van der Waals surface area contributed by atoms with Crippen molar-refractivity contribution in [1.82, 2.24) is 15.5 Å². The quantitative estimate of drug-likeness (QED) is 0.0402. The van der Waals surface area contributed by atoms with E-state index in [4.69, 9.17) is 14.2 Å². The fourth-order valence-electron chi connectivity index (χ4n) is 8.32. The number of nitrogens with zero attached hydrogens (tertiary/aromatic N) is 1. The first-order valence-corrected chi connectivity index (χ1v) is 25.9. The monoisotopic (exact) mass is 864 g/mol. The van der Waals surface area contributed by atoms with Gasteiger partial charge in [0.1, 0.15) is 17.9 Å². The van der Waals surface area contributed by atoms with Gasteiger partial charge in [0.05, 0.1) is 12.3 Å². The summed E-state index contributed by atoms with van der Waals surface area (Å²) in [7, 11) is 1.73. The number of nitrogens with one attached hydrogen (secondary N) is 2. The number of likely N-dealkylation sites (N-methyl/N-ethyl adjacent to an activating group) is 1. The molecule has 2 unspecified atom stereocenters. The van der Waals surface area contributed by atoms with Crippen LogP contribution in [0.4, 0.5) is 4.79 Å². The maximum atomic E-state index is 12.9. The molecule has 1 rings (SSSR count). The van der Waals surface area contributed by atoms with Gasteiger partial charge >= 0.3 is 12.1 Å². The van der Waals surface area contributed by atoms with Gasteiger partial charge in [-0.3, -0.25) is 9.59 Å². The van der Waals surface area contributed by atoms with Gasteiger partial charge in [0.2, 0.25) is 5.78 Å². The van der Waals surface area contributed by atoms with E-state index < -0.39 is 12.3 Å². The van der Waals surface area contributed by atoms with Crippen LogP contribution < -0.4 is 10.6 Å². The summed E-state index contributed by atoms with van der Waals surface area (Å²) in [4.78, 5) is 39.8. The molecule has 0 amide bonds. The van der Waals surface area contributed by atoms with Gasteiger partial charge in [0.15, 0.2) is 6.10 Å². The van der Waals surface area contributed by atoms with Gasteiger partial charge in [-0.1, -0.05) is 156 Å². The van der Waals surface area contributed by atoms with Gasteiger partial charge in [0.25, 0.3) is 0 Å². The number of rotatable bonds is 45. The second-order valence-electron chi connectivity index (χ2n) is 17.9. The molecule has 0 aromatic heterocycles. The summed E-state index contributed by atoms with van der Waals surface area (Å²) >= 11 is 0. The molecule has 0 saturated carbocycles. The standard InChI is InChI=1S/C51H97N3O7/c1-6-10-13-16-19-25-33-43-59-51(58)61-44(9-4)35-29-26-32-41-54(42-34-39-53-48-47(52-5)49(56)50(48)57)40-31-24-20-23-30-38-46(55)60-45(36-27-21-17-14-11-7-2)37-28-22-18-15-12-8-3/h44-45,49,52-53,56H,6-43H2,1-5H3. The molecule has 0 radical (unpaired) electrons. The molecular weight excluding hydrogens is 767 g/mol. The van der Waals surface area contributed by atoms with Crippen LogP contribution in [0, 0.1) is 0 Å². The number of ketones is 1. The van der Waals surface area contributed by atoms with Gasteiger partial charge in [-0.05, 0) is 96.7 Å². The minimum absolute atomic E-state index is 0.00646. The number of carbonyl (C=O) groups excluding carboxylic acids is 3. The van der Waals surface area contributed by atoms with Crippen LogP contribution in [-0.2, 0) is 23.8 Å². The van der Waals surface area contributed by atoms with Crippen LogP contribution in [0.1, 0.15) is 240 Å². The lowest BCUT2D eigenvalue weighted by Gasteiger charge is -2.29. The van der Waals surface area contributed by atoms with E-state index in [0.29, 0.717) is 31.0 Å². The van der Waals surface area contributed by atoms with E-state index in [9.17, 15) is 19.5 Å². The van der Waals surface area contributed by atoms with E-state index in [2.05, 4.69) is 43.2 Å². The zero-order valence-corrected chi connectivity index (χ0v) is 40.4. The Bertz CT molecular complexity index is 1090. The van der Waals surface area contributed by atoms with E-state index in [1.54, 1.807) is 7.05 Å². The van der Waals surface area contributed by atoms with Crippen molar-refractivity contribution in [3.63, 3.8) is 0 Å². The molecule has 61 heavy (non-hydrogen) atoms. The fourth-order valence-corrected chi connectivity index (χ4v) is 8.32. The summed E-state index contributed by atoms with van der Waals surface area (Å²) in [5.74, 6) is -0.251. The summed E-state index contributed by atoms with van der Waals surface area (Å²) in [6.45, 7) is 12.9. The number of unbranched alkanes of at least 4 members (excludes halogenated alkanes) is 22. The van der Waals surface area contributed by atoms with Crippen LogP contribution in [0.2, 0.25) is 0 Å². The minimum Gasteiger partial charge on any atom is -0.462 e. The molecule has 10 nitrogen and oxygen atoms in total. The molecule has 0 aromatic carbocycles. The number of hydrogen-bond acceptors (Lipinski definition) is 10. The Morgan fingerprint density at radius 3 is 1.59 bits per heavy atom. The molecule has 10 heteroatoms. The Balaban J connectivity index is 2.44. The smallest absolute Gasteiger partial charge is 0.462 e. The zero-order valence-electron chi connectivity index (χ0n) is 40.4. The molecule has 0 heterocycles. The van der Waals surface area contributed by atoms with Gasteiger partial charge in [-0.2, -0.15) is 0 Å². The Hall–Kier alpha value is -2.33. The highest BCUT2D eigenvalue weighted by molar-refractivity contribution is 6.07. The Morgan fingerprint density at radius 2 is 1.05 bits per heavy atom. The van der Waals surface area contributed by atoms with Gasteiger partial charge < -0.3 is 34.9 Å². The highest BCUT2D eigenvalue weighted by Gasteiger charge is 2.37. The maximum absolute atomic E-state index is 12.9. The molecular formula is C51H97N3O7. The van der Waals surface area contributed by atoms with E-state index in [1.807, 2.05) is 0 Å². The fraction of sp³-hybridized carbons (Fsp3) is 0.902. The molecule has 0 bridgehead atoms. The predicted octanol–water partition coefficient (Wildman–Crippen LogP) is 12.6. The Kier molecular flexibility index (Phi) is 37.6. The average molecular weight is 864 g/mol. The van der Waals surface area contributed by atoms with Crippen molar-refractivity contribution < 1.29 is 33.7 Å². The van der Waals surface area contributed by atoms with Crippen molar-refractivity contribution in [2.24, 2.45) is 0 Å². The predicted molar refractivity (Wildman–Crippen MR) is 253 cm³/mol. The van der Waals surface area contributed by atoms with Crippen LogP contribution in [-0.4, -0.2) is 86.1 Å².